The minimum atomic E-state index is -0.890. The van der Waals surface area contributed by atoms with Crippen molar-refractivity contribution in [3.8, 4) is 0 Å². The van der Waals surface area contributed by atoms with E-state index in [9.17, 15) is 19.5 Å². The van der Waals surface area contributed by atoms with Gasteiger partial charge in [0.25, 0.3) is 5.91 Å². The molecule has 0 aliphatic carbocycles. The summed E-state index contributed by atoms with van der Waals surface area (Å²) in [6.07, 6.45) is 2.53. The van der Waals surface area contributed by atoms with Crippen molar-refractivity contribution >= 4 is 23.6 Å². The summed E-state index contributed by atoms with van der Waals surface area (Å²) in [6.45, 7) is 5.72. The second kappa shape index (κ2) is 6.97. The summed E-state index contributed by atoms with van der Waals surface area (Å²) in [4.78, 5) is 39.6. The van der Waals surface area contributed by atoms with Crippen molar-refractivity contribution in [3.63, 3.8) is 0 Å². The van der Waals surface area contributed by atoms with Crippen LogP contribution in [0.2, 0.25) is 0 Å². The average Bonchev–Trinajstić information content (AvgIpc) is 3.26. The molecular weight excluding hydrogens is 334 g/mol. The van der Waals surface area contributed by atoms with E-state index in [0.717, 1.165) is 31.5 Å². The first kappa shape index (κ1) is 18.2. The molecule has 2 N–H and O–H groups in total. The van der Waals surface area contributed by atoms with Crippen molar-refractivity contribution in [2.45, 2.75) is 33.1 Å². The molecule has 1 aromatic rings. The number of carbonyl (C=O) groups excluding carboxylic acids is 2. The Morgan fingerprint density at radius 3 is 2.38 bits per heavy atom. The normalized spacial score (nSPS) is 22.5. The Balaban J connectivity index is 1.66. The molecule has 0 saturated carbocycles. The van der Waals surface area contributed by atoms with Crippen LogP contribution < -0.4 is 5.32 Å². The third-order valence-electron chi connectivity index (χ3n) is 5.39. The number of amides is 3. The summed E-state index contributed by atoms with van der Waals surface area (Å²) in [5, 5.41) is 12.1. The summed E-state index contributed by atoms with van der Waals surface area (Å²) in [5.41, 5.74) is 1.18. The molecule has 2 aliphatic rings. The molecule has 140 valence electrons. The van der Waals surface area contributed by atoms with Gasteiger partial charge in [-0.15, -0.1) is 0 Å². The van der Waals surface area contributed by atoms with Crippen molar-refractivity contribution in [3.05, 3.63) is 29.3 Å². The molecular formula is C19H25N3O4. The standard InChI is InChI=1S/C19H25N3O4/c1-13-11-14(16(23)21-8-3-4-9-21)5-6-15(13)20-18(26)22-10-7-19(2,12-22)17(24)25/h5-6,11H,3-4,7-10,12H2,1-2H3,(H,20,26)(H,24,25). The van der Waals surface area contributed by atoms with Gasteiger partial charge in [0.15, 0.2) is 0 Å². The highest BCUT2D eigenvalue weighted by Gasteiger charge is 2.42. The van der Waals surface area contributed by atoms with E-state index in [4.69, 9.17) is 0 Å². The van der Waals surface area contributed by atoms with E-state index >= 15 is 0 Å². The maximum absolute atomic E-state index is 12.5. The van der Waals surface area contributed by atoms with Gasteiger partial charge in [0.2, 0.25) is 0 Å². The zero-order valence-electron chi connectivity index (χ0n) is 15.2. The number of carbonyl (C=O) groups is 3. The molecule has 0 radical (unpaired) electrons. The monoisotopic (exact) mass is 359 g/mol. The first-order valence-corrected chi connectivity index (χ1v) is 8.99. The largest absolute Gasteiger partial charge is 0.481 e. The minimum Gasteiger partial charge on any atom is -0.481 e. The number of aryl methyl sites for hydroxylation is 1. The number of carboxylic acids is 1. The van der Waals surface area contributed by atoms with Crippen molar-refractivity contribution in [2.75, 3.05) is 31.5 Å². The van der Waals surface area contributed by atoms with Crippen molar-refractivity contribution in [1.82, 2.24) is 9.80 Å². The van der Waals surface area contributed by atoms with Crippen LogP contribution in [0.15, 0.2) is 18.2 Å². The number of hydrogen-bond donors (Lipinski definition) is 2. The van der Waals surface area contributed by atoms with Crippen LogP contribution in [0, 0.1) is 12.3 Å². The topological polar surface area (TPSA) is 90.0 Å². The highest BCUT2D eigenvalue weighted by atomic mass is 16.4. The number of rotatable bonds is 3. The number of urea groups is 1. The lowest BCUT2D eigenvalue weighted by molar-refractivity contribution is -0.146. The SMILES string of the molecule is Cc1cc(C(=O)N2CCCC2)ccc1NC(=O)N1CCC(C)(C(=O)O)C1. The first-order chi connectivity index (χ1) is 12.3. The van der Waals surface area contributed by atoms with Gasteiger partial charge in [-0.25, -0.2) is 4.79 Å². The van der Waals surface area contributed by atoms with E-state index in [1.807, 2.05) is 11.8 Å². The average molecular weight is 359 g/mol. The lowest BCUT2D eigenvalue weighted by atomic mass is 9.90. The molecule has 3 amide bonds. The van der Waals surface area contributed by atoms with Crippen LogP contribution in [0.1, 0.15) is 42.1 Å². The van der Waals surface area contributed by atoms with Gasteiger partial charge in [0, 0.05) is 37.4 Å². The smallest absolute Gasteiger partial charge is 0.321 e. The molecule has 0 bridgehead atoms. The van der Waals surface area contributed by atoms with Gasteiger partial charge < -0.3 is 20.2 Å². The Kier molecular flexibility index (Phi) is 4.89. The Hall–Kier alpha value is -2.57. The molecule has 1 atom stereocenters. The zero-order chi connectivity index (χ0) is 18.9. The molecule has 2 aliphatic heterocycles. The van der Waals surface area contributed by atoms with E-state index in [1.54, 1.807) is 25.1 Å². The predicted molar refractivity (Wildman–Crippen MR) is 97.3 cm³/mol. The number of nitrogens with one attached hydrogen (secondary N) is 1. The van der Waals surface area contributed by atoms with Crippen LogP contribution in [-0.4, -0.2) is 59.0 Å². The maximum Gasteiger partial charge on any atom is 0.321 e. The molecule has 7 heteroatoms. The van der Waals surface area contributed by atoms with Crippen molar-refractivity contribution < 1.29 is 19.5 Å². The van der Waals surface area contributed by atoms with Crippen molar-refractivity contribution in [2.24, 2.45) is 5.41 Å². The molecule has 2 saturated heterocycles. The fourth-order valence-electron chi connectivity index (χ4n) is 3.54. The summed E-state index contributed by atoms with van der Waals surface area (Å²) >= 11 is 0. The molecule has 7 nitrogen and oxygen atoms in total. The molecule has 2 heterocycles. The molecule has 0 spiro atoms. The number of carboxylic acid groups (broad SMARTS) is 1. The Labute approximate surface area is 153 Å². The summed E-state index contributed by atoms with van der Waals surface area (Å²) in [5.74, 6) is -0.853. The van der Waals surface area contributed by atoms with Crippen molar-refractivity contribution in [1.29, 1.82) is 0 Å². The van der Waals surface area contributed by atoms with E-state index in [0.29, 0.717) is 24.2 Å². The lowest BCUT2D eigenvalue weighted by Gasteiger charge is -2.21. The Morgan fingerprint density at radius 2 is 1.81 bits per heavy atom. The van der Waals surface area contributed by atoms with Gasteiger partial charge in [-0.05, 0) is 56.9 Å². The highest BCUT2D eigenvalue weighted by Crippen LogP contribution is 2.30. The third kappa shape index (κ3) is 3.52. The van der Waals surface area contributed by atoms with Gasteiger partial charge in [0.1, 0.15) is 0 Å². The van der Waals surface area contributed by atoms with E-state index in [1.165, 1.54) is 4.90 Å². The minimum absolute atomic E-state index is 0.0280. The number of likely N-dealkylation sites (tertiary alicyclic amines) is 2. The van der Waals surface area contributed by atoms with Crippen LogP contribution in [0.5, 0.6) is 0 Å². The van der Waals surface area contributed by atoms with Gasteiger partial charge in [-0.1, -0.05) is 0 Å². The molecule has 0 aromatic heterocycles. The van der Waals surface area contributed by atoms with Crippen LogP contribution in [0.3, 0.4) is 0 Å². The molecule has 26 heavy (non-hydrogen) atoms. The van der Waals surface area contributed by atoms with Gasteiger partial charge in [-0.3, -0.25) is 9.59 Å². The fraction of sp³-hybridized carbons (Fsp3) is 0.526. The van der Waals surface area contributed by atoms with E-state index in [-0.39, 0.29) is 18.5 Å². The Bertz CT molecular complexity index is 742. The van der Waals surface area contributed by atoms with Crippen LogP contribution >= 0.6 is 0 Å². The maximum atomic E-state index is 12.5. The molecule has 1 aromatic carbocycles. The van der Waals surface area contributed by atoms with Gasteiger partial charge in [0.05, 0.1) is 5.41 Å². The van der Waals surface area contributed by atoms with Gasteiger partial charge in [-0.2, -0.15) is 0 Å². The predicted octanol–water partition coefficient (Wildman–Crippen LogP) is 2.56. The van der Waals surface area contributed by atoms with Gasteiger partial charge >= 0.3 is 12.0 Å². The van der Waals surface area contributed by atoms with Crippen LogP contribution in [0.25, 0.3) is 0 Å². The van der Waals surface area contributed by atoms with E-state index < -0.39 is 11.4 Å². The molecule has 2 fully saturated rings. The Morgan fingerprint density at radius 1 is 1.12 bits per heavy atom. The summed E-state index contributed by atoms with van der Waals surface area (Å²) in [7, 11) is 0. The van der Waals surface area contributed by atoms with Crippen LogP contribution in [-0.2, 0) is 4.79 Å². The lowest BCUT2D eigenvalue weighted by Crippen LogP contribution is -2.37. The number of benzene rings is 1. The first-order valence-electron chi connectivity index (χ1n) is 8.99. The quantitative estimate of drug-likeness (QED) is 0.868. The third-order valence-corrected chi connectivity index (χ3v) is 5.39. The molecule has 1 unspecified atom stereocenters. The van der Waals surface area contributed by atoms with E-state index in [2.05, 4.69) is 5.32 Å². The second-order valence-electron chi connectivity index (χ2n) is 7.50. The molecule has 3 rings (SSSR count). The summed E-state index contributed by atoms with van der Waals surface area (Å²) < 4.78 is 0. The number of anilines is 1. The number of aliphatic carboxylic acids is 1. The second-order valence-corrected chi connectivity index (χ2v) is 7.50. The zero-order valence-corrected chi connectivity index (χ0v) is 15.2. The van der Waals surface area contributed by atoms with Crippen LogP contribution in [0.4, 0.5) is 10.5 Å². The summed E-state index contributed by atoms with van der Waals surface area (Å²) in [6, 6.07) is 4.95. The highest BCUT2D eigenvalue weighted by molar-refractivity contribution is 5.96. The number of hydrogen-bond acceptors (Lipinski definition) is 3. The fourth-order valence-corrected chi connectivity index (χ4v) is 3.54. The number of nitrogens with zero attached hydrogens (tertiary/aromatic N) is 2.